The summed E-state index contributed by atoms with van der Waals surface area (Å²) in [6.07, 6.45) is -2.57. The molecule has 2 rings (SSSR count). The molecular formula is C10H17N3O5. The molecule has 4 N–H and O–H groups in total. The van der Waals surface area contributed by atoms with Crippen LogP contribution in [0.4, 0.5) is 4.79 Å². The SMILES string of the molecule is COC(=O)NN1C(=O)[C@H](C)[C@H]1[C@@H]1NC[C@@H](O)[C@H]1O. The summed E-state index contributed by atoms with van der Waals surface area (Å²) in [4.78, 5) is 22.8. The molecule has 2 aliphatic rings. The second-order valence-corrected chi connectivity index (χ2v) is 4.58. The molecule has 8 nitrogen and oxygen atoms in total. The van der Waals surface area contributed by atoms with E-state index in [1.807, 2.05) is 0 Å². The highest BCUT2D eigenvalue weighted by Gasteiger charge is 2.54. The van der Waals surface area contributed by atoms with E-state index >= 15 is 0 Å². The van der Waals surface area contributed by atoms with E-state index in [0.717, 1.165) is 5.01 Å². The van der Waals surface area contributed by atoms with Crippen molar-refractivity contribution < 1.29 is 24.5 Å². The van der Waals surface area contributed by atoms with Gasteiger partial charge in [-0.2, -0.15) is 0 Å². The van der Waals surface area contributed by atoms with Crippen LogP contribution in [0.3, 0.4) is 0 Å². The molecule has 0 aromatic heterocycles. The number of nitrogens with one attached hydrogen (secondary N) is 2. The van der Waals surface area contributed by atoms with Gasteiger partial charge in [-0.15, -0.1) is 0 Å². The Balaban J connectivity index is 2.06. The molecule has 5 atom stereocenters. The number of hydrogen-bond acceptors (Lipinski definition) is 6. The topological polar surface area (TPSA) is 111 Å². The Kier molecular flexibility index (Phi) is 3.42. The zero-order valence-electron chi connectivity index (χ0n) is 10.2. The number of hydrogen-bond donors (Lipinski definition) is 4. The molecule has 0 aromatic carbocycles. The number of β-amino-alcohol motifs (C(OH)–C–C–N with tert-alkyl or cyclic N) is 1. The Morgan fingerprint density at radius 1 is 1.56 bits per heavy atom. The summed E-state index contributed by atoms with van der Waals surface area (Å²) in [6, 6.07) is -0.867. The smallest absolute Gasteiger partial charge is 0.425 e. The fourth-order valence-electron chi connectivity index (χ4n) is 2.46. The zero-order valence-corrected chi connectivity index (χ0v) is 10.2. The first-order valence-electron chi connectivity index (χ1n) is 5.74. The lowest BCUT2D eigenvalue weighted by molar-refractivity contribution is -0.164. The average Bonchev–Trinajstić information content (AvgIpc) is 2.69. The number of aliphatic hydroxyl groups excluding tert-OH is 2. The molecule has 0 saturated carbocycles. The van der Waals surface area contributed by atoms with Gasteiger partial charge in [-0.25, -0.2) is 15.2 Å². The van der Waals surface area contributed by atoms with Crippen molar-refractivity contribution in [3.8, 4) is 0 Å². The summed E-state index contributed by atoms with van der Waals surface area (Å²) in [5, 5.41) is 23.4. The lowest BCUT2D eigenvalue weighted by atomic mass is 9.83. The molecule has 102 valence electrons. The Morgan fingerprint density at radius 2 is 2.22 bits per heavy atom. The van der Waals surface area contributed by atoms with Gasteiger partial charge >= 0.3 is 6.09 Å². The Labute approximate surface area is 104 Å². The first-order chi connectivity index (χ1) is 8.47. The molecule has 2 saturated heterocycles. The van der Waals surface area contributed by atoms with Crippen molar-refractivity contribution in [3.63, 3.8) is 0 Å². The number of amides is 2. The second-order valence-electron chi connectivity index (χ2n) is 4.58. The number of β-lactam (4-membered cyclic amide) rings is 1. The molecule has 18 heavy (non-hydrogen) atoms. The van der Waals surface area contributed by atoms with Crippen LogP contribution >= 0.6 is 0 Å². The number of carbonyl (C=O) groups excluding carboxylic acids is 2. The van der Waals surface area contributed by atoms with E-state index in [4.69, 9.17) is 0 Å². The fraction of sp³-hybridized carbons (Fsp3) is 0.800. The van der Waals surface area contributed by atoms with Crippen LogP contribution in [0.25, 0.3) is 0 Å². The number of carbonyl (C=O) groups is 2. The van der Waals surface area contributed by atoms with E-state index in [9.17, 15) is 19.8 Å². The minimum absolute atomic E-state index is 0.249. The predicted molar refractivity (Wildman–Crippen MR) is 59.1 cm³/mol. The van der Waals surface area contributed by atoms with Crippen molar-refractivity contribution in [2.75, 3.05) is 13.7 Å². The summed E-state index contributed by atoms with van der Waals surface area (Å²) < 4.78 is 4.42. The van der Waals surface area contributed by atoms with Gasteiger partial charge in [0.15, 0.2) is 0 Å². The van der Waals surface area contributed by atoms with Crippen LogP contribution < -0.4 is 10.7 Å². The minimum Gasteiger partial charge on any atom is -0.452 e. The Morgan fingerprint density at radius 3 is 2.72 bits per heavy atom. The highest BCUT2D eigenvalue weighted by Crippen LogP contribution is 2.30. The molecule has 0 unspecified atom stereocenters. The summed E-state index contributed by atoms with van der Waals surface area (Å²) in [6.45, 7) is 1.97. The highest BCUT2D eigenvalue weighted by molar-refractivity contribution is 5.87. The molecule has 0 aliphatic carbocycles. The summed E-state index contributed by atoms with van der Waals surface area (Å²) in [7, 11) is 1.20. The molecule has 0 bridgehead atoms. The fourth-order valence-corrected chi connectivity index (χ4v) is 2.46. The van der Waals surface area contributed by atoms with Gasteiger partial charge in [-0.1, -0.05) is 6.92 Å². The molecule has 2 aliphatic heterocycles. The number of rotatable bonds is 2. The Hall–Kier alpha value is -1.38. The van der Waals surface area contributed by atoms with Crippen molar-refractivity contribution in [1.29, 1.82) is 0 Å². The van der Waals surface area contributed by atoms with Gasteiger partial charge in [0, 0.05) is 6.54 Å². The summed E-state index contributed by atoms with van der Waals surface area (Å²) >= 11 is 0. The molecular weight excluding hydrogens is 242 g/mol. The van der Waals surface area contributed by atoms with Gasteiger partial charge in [-0.3, -0.25) is 4.79 Å². The highest BCUT2D eigenvalue weighted by atomic mass is 16.5. The first kappa shape index (κ1) is 13.1. The minimum atomic E-state index is -0.965. The van der Waals surface area contributed by atoms with Crippen molar-refractivity contribution in [2.45, 2.75) is 31.2 Å². The van der Waals surface area contributed by atoms with Gasteiger partial charge in [0.1, 0.15) is 0 Å². The Bertz CT molecular complexity index is 363. The third kappa shape index (κ3) is 1.92. The number of ether oxygens (including phenoxy) is 1. The monoisotopic (exact) mass is 259 g/mol. The average molecular weight is 259 g/mol. The van der Waals surface area contributed by atoms with Crippen LogP contribution in [0, 0.1) is 5.92 Å². The maximum absolute atomic E-state index is 11.7. The molecule has 2 amide bonds. The van der Waals surface area contributed by atoms with Crippen LogP contribution in [-0.4, -0.2) is 65.2 Å². The quantitative estimate of drug-likeness (QED) is 0.419. The van der Waals surface area contributed by atoms with Crippen LogP contribution in [-0.2, 0) is 9.53 Å². The van der Waals surface area contributed by atoms with Crippen LogP contribution in [0.5, 0.6) is 0 Å². The first-order valence-corrected chi connectivity index (χ1v) is 5.74. The molecule has 0 spiro atoms. The molecule has 0 radical (unpaired) electrons. The van der Waals surface area contributed by atoms with Gasteiger partial charge < -0.3 is 20.3 Å². The lowest BCUT2D eigenvalue weighted by Crippen LogP contribution is -2.72. The third-order valence-electron chi connectivity index (χ3n) is 3.53. The molecule has 2 heterocycles. The van der Waals surface area contributed by atoms with Crippen LogP contribution in [0.15, 0.2) is 0 Å². The van der Waals surface area contributed by atoms with Gasteiger partial charge in [0.2, 0.25) is 5.91 Å². The van der Waals surface area contributed by atoms with Gasteiger partial charge in [0.25, 0.3) is 0 Å². The van der Waals surface area contributed by atoms with Crippen molar-refractivity contribution in [1.82, 2.24) is 15.8 Å². The molecule has 0 aromatic rings. The van der Waals surface area contributed by atoms with E-state index in [0.29, 0.717) is 0 Å². The van der Waals surface area contributed by atoms with E-state index < -0.39 is 30.4 Å². The van der Waals surface area contributed by atoms with E-state index in [2.05, 4.69) is 15.5 Å². The maximum Gasteiger partial charge on any atom is 0.425 e. The van der Waals surface area contributed by atoms with Gasteiger partial charge in [0.05, 0.1) is 37.3 Å². The summed E-state index contributed by atoms with van der Waals surface area (Å²) in [5.74, 6) is -0.583. The normalized spacial score (nSPS) is 39.4. The predicted octanol–water partition coefficient (Wildman–Crippen LogP) is -2.20. The number of aliphatic hydroxyl groups is 2. The largest absolute Gasteiger partial charge is 0.452 e. The van der Waals surface area contributed by atoms with Crippen LogP contribution in [0.1, 0.15) is 6.92 Å². The number of nitrogens with zero attached hydrogens (tertiary/aromatic N) is 1. The summed E-state index contributed by atoms with van der Waals surface area (Å²) in [5.41, 5.74) is 2.30. The van der Waals surface area contributed by atoms with Crippen molar-refractivity contribution >= 4 is 12.0 Å². The zero-order chi connectivity index (χ0) is 13.4. The molecule has 2 fully saturated rings. The standard InChI is InChI=1S/C10H17N3O5/c1-4-7(6-8(15)5(14)3-11-6)13(9(4)16)12-10(17)18-2/h4-8,11,14-15H,3H2,1-2H3,(H,12,17)/t4-,5-,6+,7+,8-/m1/s1. The van der Waals surface area contributed by atoms with Crippen molar-refractivity contribution in [3.05, 3.63) is 0 Å². The third-order valence-corrected chi connectivity index (χ3v) is 3.53. The van der Waals surface area contributed by atoms with Crippen molar-refractivity contribution in [2.24, 2.45) is 5.92 Å². The number of hydrazine groups is 1. The second kappa shape index (κ2) is 4.71. The number of methoxy groups -OCH3 is 1. The van der Waals surface area contributed by atoms with Crippen LogP contribution in [0.2, 0.25) is 0 Å². The lowest BCUT2D eigenvalue weighted by Gasteiger charge is -2.48. The van der Waals surface area contributed by atoms with Gasteiger partial charge in [-0.05, 0) is 0 Å². The molecule has 8 heteroatoms. The van der Waals surface area contributed by atoms with E-state index in [-0.39, 0.29) is 18.4 Å². The van der Waals surface area contributed by atoms with E-state index in [1.54, 1.807) is 6.92 Å². The maximum atomic E-state index is 11.7. The van der Waals surface area contributed by atoms with E-state index in [1.165, 1.54) is 7.11 Å².